The minimum Gasteiger partial charge on any atom is -0.481 e. The van der Waals surface area contributed by atoms with E-state index in [1.807, 2.05) is 0 Å². The molecule has 2 nitrogen and oxygen atoms in total. The van der Waals surface area contributed by atoms with E-state index in [9.17, 15) is 4.79 Å². The molecule has 0 aromatic rings. The lowest BCUT2D eigenvalue weighted by atomic mass is 10.1. The molecule has 2 heteroatoms. The topological polar surface area (TPSA) is 37.3 Å². The van der Waals surface area contributed by atoms with Crippen molar-refractivity contribution in [2.24, 2.45) is 0 Å². The number of carboxylic acid groups (broad SMARTS) is 1. The molecule has 0 aliphatic heterocycles. The normalized spacial score (nSPS) is 13.4. The number of rotatable bonds is 26. The fourth-order valence-electron chi connectivity index (χ4n) is 3.62. The highest BCUT2D eigenvalue weighted by molar-refractivity contribution is 5.66. The first-order valence-electron chi connectivity index (χ1n) is 15.5. The van der Waals surface area contributed by atoms with E-state index in [2.05, 4.69) is 128 Å². The summed E-state index contributed by atoms with van der Waals surface area (Å²) < 4.78 is 0. The molecule has 40 heavy (non-hydrogen) atoms. The fourth-order valence-corrected chi connectivity index (χ4v) is 3.62. The van der Waals surface area contributed by atoms with Crippen molar-refractivity contribution in [3.05, 3.63) is 122 Å². The van der Waals surface area contributed by atoms with E-state index in [0.29, 0.717) is 6.42 Å². The molecule has 0 atom stereocenters. The summed E-state index contributed by atoms with van der Waals surface area (Å²) in [6.07, 6.45) is 60.1. The van der Waals surface area contributed by atoms with Gasteiger partial charge in [-0.15, -0.1) is 0 Å². The predicted molar refractivity (Wildman–Crippen MR) is 179 cm³/mol. The zero-order valence-electron chi connectivity index (χ0n) is 25.2. The molecule has 0 spiro atoms. The lowest BCUT2D eigenvalue weighted by Gasteiger charge is -1.96. The van der Waals surface area contributed by atoms with Gasteiger partial charge < -0.3 is 5.11 Å². The van der Waals surface area contributed by atoms with Crippen LogP contribution in [0, 0.1) is 0 Å². The number of hydrogen-bond donors (Lipinski definition) is 1. The molecule has 1 N–H and O–H groups in total. The van der Waals surface area contributed by atoms with Crippen molar-refractivity contribution in [1.82, 2.24) is 0 Å². The van der Waals surface area contributed by atoms with Crippen LogP contribution in [0.1, 0.15) is 110 Å². The Morgan fingerprint density at radius 1 is 0.400 bits per heavy atom. The van der Waals surface area contributed by atoms with Crippen LogP contribution in [-0.4, -0.2) is 11.1 Å². The molecule has 0 aliphatic rings. The molecule has 0 rings (SSSR count). The molecule has 0 radical (unpaired) electrons. The van der Waals surface area contributed by atoms with E-state index in [4.69, 9.17) is 5.11 Å². The van der Waals surface area contributed by atoms with E-state index in [1.54, 1.807) is 0 Å². The molecule has 0 aromatic carbocycles. The summed E-state index contributed by atoms with van der Waals surface area (Å²) in [7, 11) is 0. The SMILES string of the molecule is CC/C=C\C/C=C\C/C=C\C/C=C\C/C=C\C/C=C\C/C=C\C/C=C\C/C=C\C/C=C\CCCCCCC(=O)O. The zero-order chi connectivity index (χ0) is 29.0. The Balaban J connectivity index is 3.56. The van der Waals surface area contributed by atoms with Crippen molar-refractivity contribution < 1.29 is 9.90 Å². The van der Waals surface area contributed by atoms with Gasteiger partial charge in [-0.3, -0.25) is 4.79 Å². The van der Waals surface area contributed by atoms with E-state index >= 15 is 0 Å². The largest absolute Gasteiger partial charge is 0.481 e. The van der Waals surface area contributed by atoms with Gasteiger partial charge in [0.1, 0.15) is 0 Å². The van der Waals surface area contributed by atoms with Crippen LogP contribution in [0.3, 0.4) is 0 Å². The highest BCUT2D eigenvalue weighted by atomic mass is 16.4. The molecule has 0 fully saturated rings. The number of unbranched alkanes of at least 4 members (excludes halogenated alkanes) is 4. The summed E-state index contributed by atoms with van der Waals surface area (Å²) in [6.45, 7) is 2.16. The Morgan fingerprint density at radius 2 is 0.675 bits per heavy atom. The molecular formula is C38H56O2. The lowest BCUT2D eigenvalue weighted by Crippen LogP contribution is -1.93. The van der Waals surface area contributed by atoms with Gasteiger partial charge >= 0.3 is 5.97 Å². The highest BCUT2D eigenvalue weighted by Gasteiger charge is 1.95. The van der Waals surface area contributed by atoms with E-state index in [1.165, 1.54) is 0 Å². The lowest BCUT2D eigenvalue weighted by molar-refractivity contribution is -0.137. The Bertz CT molecular complexity index is 856. The molecule has 0 aliphatic carbocycles. The van der Waals surface area contributed by atoms with E-state index in [-0.39, 0.29) is 0 Å². The predicted octanol–water partition coefficient (Wildman–Crippen LogP) is 11.9. The Labute approximate surface area is 246 Å². The van der Waals surface area contributed by atoms with Gasteiger partial charge in [0.05, 0.1) is 0 Å². The monoisotopic (exact) mass is 544 g/mol. The van der Waals surface area contributed by atoms with Crippen molar-refractivity contribution in [3.63, 3.8) is 0 Å². The minimum atomic E-state index is -0.685. The summed E-state index contributed by atoms with van der Waals surface area (Å²) in [5.41, 5.74) is 0. The van der Waals surface area contributed by atoms with Crippen LogP contribution in [0.25, 0.3) is 0 Å². The first kappa shape index (κ1) is 36.9. The van der Waals surface area contributed by atoms with Gasteiger partial charge in [0.15, 0.2) is 0 Å². The maximum atomic E-state index is 10.4. The Hall–Kier alpha value is -3.13. The third-order valence-corrected chi connectivity index (χ3v) is 5.86. The second kappa shape index (κ2) is 33.9. The van der Waals surface area contributed by atoms with Crippen LogP contribution in [0.4, 0.5) is 0 Å². The van der Waals surface area contributed by atoms with Gasteiger partial charge in [-0.25, -0.2) is 0 Å². The molecule has 0 unspecified atom stereocenters. The molecular weight excluding hydrogens is 488 g/mol. The van der Waals surface area contributed by atoms with Gasteiger partial charge in [0.25, 0.3) is 0 Å². The number of carboxylic acids is 1. The van der Waals surface area contributed by atoms with Crippen LogP contribution in [0.15, 0.2) is 122 Å². The van der Waals surface area contributed by atoms with Gasteiger partial charge in [0, 0.05) is 6.42 Å². The van der Waals surface area contributed by atoms with Crippen molar-refractivity contribution in [2.45, 2.75) is 110 Å². The Kier molecular flexibility index (Phi) is 31.2. The maximum Gasteiger partial charge on any atom is 0.303 e. The van der Waals surface area contributed by atoms with Crippen LogP contribution in [-0.2, 0) is 4.79 Å². The van der Waals surface area contributed by atoms with Crippen LogP contribution >= 0.6 is 0 Å². The second-order valence-corrected chi connectivity index (χ2v) is 9.59. The summed E-state index contributed by atoms with van der Waals surface area (Å²) in [5, 5.41) is 8.60. The standard InChI is InChI=1S/C38H56O2/c1-2-3-4-5-6-7-8-9-10-11-12-13-14-15-16-17-18-19-20-21-22-23-24-25-26-27-28-29-30-31-32-33-34-35-36-37-38(39)40/h3-4,6-7,9-10,12-13,15-16,18-19,21-22,24-25,27-28,30-31H,2,5,8,11,14,17,20,23,26,29,32-37H2,1H3,(H,39,40)/b4-3-,7-6-,10-9-,13-12-,16-15-,19-18-,22-21-,25-24-,28-27-,31-30-. The van der Waals surface area contributed by atoms with Crippen molar-refractivity contribution in [1.29, 1.82) is 0 Å². The molecule has 0 amide bonds. The molecule has 220 valence electrons. The fraction of sp³-hybridized carbons (Fsp3) is 0.447. The second-order valence-electron chi connectivity index (χ2n) is 9.59. The summed E-state index contributed by atoms with van der Waals surface area (Å²) >= 11 is 0. The van der Waals surface area contributed by atoms with E-state index < -0.39 is 5.97 Å². The summed E-state index contributed by atoms with van der Waals surface area (Å²) in [4.78, 5) is 10.4. The smallest absolute Gasteiger partial charge is 0.303 e. The first-order valence-corrected chi connectivity index (χ1v) is 15.5. The zero-order valence-corrected chi connectivity index (χ0v) is 25.2. The summed E-state index contributed by atoms with van der Waals surface area (Å²) in [6, 6.07) is 0. The van der Waals surface area contributed by atoms with Gasteiger partial charge in [-0.1, -0.05) is 141 Å². The summed E-state index contributed by atoms with van der Waals surface area (Å²) in [5.74, 6) is -0.685. The minimum absolute atomic E-state index is 0.301. The van der Waals surface area contributed by atoms with Crippen molar-refractivity contribution in [3.8, 4) is 0 Å². The third kappa shape index (κ3) is 34.9. The van der Waals surface area contributed by atoms with Gasteiger partial charge in [0.2, 0.25) is 0 Å². The molecule has 0 aromatic heterocycles. The van der Waals surface area contributed by atoms with Crippen molar-refractivity contribution in [2.75, 3.05) is 0 Å². The highest BCUT2D eigenvalue weighted by Crippen LogP contribution is 2.06. The molecule has 0 bridgehead atoms. The maximum absolute atomic E-state index is 10.4. The molecule has 0 heterocycles. The first-order chi connectivity index (χ1) is 19.8. The van der Waals surface area contributed by atoms with Gasteiger partial charge in [-0.05, 0) is 83.5 Å². The molecule has 0 saturated heterocycles. The number of carbonyl (C=O) groups is 1. The van der Waals surface area contributed by atoms with Crippen LogP contribution < -0.4 is 0 Å². The molecule has 0 saturated carbocycles. The quantitative estimate of drug-likeness (QED) is 0.0868. The third-order valence-electron chi connectivity index (χ3n) is 5.86. The van der Waals surface area contributed by atoms with Crippen LogP contribution in [0.5, 0.6) is 0 Å². The average molecular weight is 545 g/mol. The number of aliphatic carboxylic acids is 1. The van der Waals surface area contributed by atoms with Gasteiger partial charge in [-0.2, -0.15) is 0 Å². The van der Waals surface area contributed by atoms with Crippen molar-refractivity contribution >= 4 is 5.97 Å². The van der Waals surface area contributed by atoms with Crippen LogP contribution in [0.2, 0.25) is 0 Å². The number of allylic oxidation sites excluding steroid dienone is 20. The Morgan fingerprint density at radius 3 is 0.975 bits per heavy atom. The average Bonchev–Trinajstić information content (AvgIpc) is 2.95. The van der Waals surface area contributed by atoms with E-state index in [0.717, 1.165) is 96.3 Å². The number of hydrogen-bond acceptors (Lipinski definition) is 1.